The number of ether oxygens (including phenoxy) is 1. The molecule has 1 aromatic carbocycles. The molecule has 0 aliphatic carbocycles. The first-order valence-corrected chi connectivity index (χ1v) is 8.22. The summed E-state index contributed by atoms with van der Waals surface area (Å²) in [7, 11) is 0. The van der Waals surface area contributed by atoms with E-state index in [9.17, 15) is 9.59 Å². The summed E-state index contributed by atoms with van der Waals surface area (Å²) < 4.78 is 6.20. The fourth-order valence-electron chi connectivity index (χ4n) is 1.81. The van der Waals surface area contributed by atoms with Gasteiger partial charge in [0.25, 0.3) is 5.91 Å². The van der Waals surface area contributed by atoms with Gasteiger partial charge in [-0.05, 0) is 43.0 Å². The van der Waals surface area contributed by atoms with Gasteiger partial charge >= 0.3 is 6.09 Å². The van der Waals surface area contributed by atoms with Crippen molar-refractivity contribution in [2.45, 2.75) is 39.7 Å². The molecule has 0 aliphatic heterocycles. The summed E-state index contributed by atoms with van der Waals surface area (Å²) in [6.45, 7) is 6.51. The van der Waals surface area contributed by atoms with Crippen LogP contribution in [0.1, 0.15) is 33.6 Å². The lowest BCUT2D eigenvalue weighted by Crippen LogP contribution is -2.39. The molecule has 0 aromatic heterocycles. The van der Waals surface area contributed by atoms with Gasteiger partial charge in [0.15, 0.2) is 6.10 Å². The van der Waals surface area contributed by atoms with E-state index >= 15 is 0 Å². The second-order valence-corrected chi connectivity index (χ2v) is 6.36. The second-order valence-electron chi connectivity index (χ2n) is 5.45. The Morgan fingerprint density at radius 2 is 1.86 bits per heavy atom. The van der Waals surface area contributed by atoms with Gasteiger partial charge in [-0.15, -0.1) is 0 Å². The highest BCUT2D eigenvalue weighted by molar-refractivity contribution is 9.10. The van der Waals surface area contributed by atoms with Gasteiger partial charge in [0, 0.05) is 16.7 Å². The lowest BCUT2D eigenvalue weighted by molar-refractivity contribution is -0.130. The molecule has 0 saturated carbocycles. The zero-order valence-electron chi connectivity index (χ0n) is 13.2. The smallest absolute Gasteiger partial charge is 0.412 e. The molecule has 5 nitrogen and oxygen atoms in total. The van der Waals surface area contributed by atoms with E-state index in [1.165, 1.54) is 0 Å². The van der Waals surface area contributed by atoms with Crippen LogP contribution in [0.3, 0.4) is 0 Å². The number of rotatable bonds is 7. The van der Waals surface area contributed by atoms with Crippen molar-refractivity contribution in [2.75, 3.05) is 11.9 Å². The SMILES string of the molecule is CCCNC(=O)[C@H](CC(C)C)OC(=O)Nc1ccc(Br)cc1. The first-order chi connectivity index (χ1) is 10.4. The van der Waals surface area contributed by atoms with Crippen LogP contribution in [0.15, 0.2) is 28.7 Å². The predicted molar refractivity (Wildman–Crippen MR) is 90.8 cm³/mol. The molecule has 0 radical (unpaired) electrons. The Bertz CT molecular complexity index is 489. The van der Waals surface area contributed by atoms with Crippen LogP contribution in [0.2, 0.25) is 0 Å². The molecular weight excluding hydrogens is 348 g/mol. The van der Waals surface area contributed by atoms with Crippen molar-refractivity contribution < 1.29 is 14.3 Å². The zero-order valence-corrected chi connectivity index (χ0v) is 14.8. The van der Waals surface area contributed by atoms with Crippen molar-refractivity contribution in [2.24, 2.45) is 5.92 Å². The second kappa shape index (κ2) is 9.46. The van der Waals surface area contributed by atoms with Crippen molar-refractivity contribution in [1.29, 1.82) is 0 Å². The summed E-state index contributed by atoms with van der Waals surface area (Å²) >= 11 is 3.33. The topological polar surface area (TPSA) is 67.4 Å². The Morgan fingerprint density at radius 1 is 1.23 bits per heavy atom. The summed E-state index contributed by atoms with van der Waals surface area (Å²) in [4.78, 5) is 24.0. The molecule has 0 unspecified atom stereocenters. The lowest BCUT2D eigenvalue weighted by atomic mass is 10.1. The van der Waals surface area contributed by atoms with Crippen LogP contribution in [0, 0.1) is 5.92 Å². The maximum atomic E-state index is 12.0. The molecule has 1 aromatic rings. The van der Waals surface area contributed by atoms with E-state index in [1.807, 2.05) is 32.9 Å². The number of hydrogen-bond acceptors (Lipinski definition) is 3. The molecule has 2 amide bonds. The van der Waals surface area contributed by atoms with Crippen LogP contribution in [0.4, 0.5) is 10.5 Å². The average molecular weight is 371 g/mol. The maximum Gasteiger partial charge on any atom is 0.412 e. The minimum atomic E-state index is -0.776. The number of anilines is 1. The summed E-state index contributed by atoms with van der Waals surface area (Å²) in [6, 6.07) is 7.13. The monoisotopic (exact) mass is 370 g/mol. The summed E-state index contributed by atoms with van der Waals surface area (Å²) in [5, 5.41) is 5.39. The van der Waals surface area contributed by atoms with Gasteiger partial charge in [-0.3, -0.25) is 10.1 Å². The van der Waals surface area contributed by atoms with Gasteiger partial charge in [-0.25, -0.2) is 4.79 Å². The zero-order chi connectivity index (χ0) is 16.5. The summed E-state index contributed by atoms with van der Waals surface area (Å²) in [5.74, 6) is -0.000590. The molecule has 1 atom stereocenters. The first kappa shape index (κ1) is 18.5. The Kier molecular flexibility index (Phi) is 7.95. The molecule has 2 N–H and O–H groups in total. The molecule has 6 heteroatoms. The third kappa shape index (κ3) is 6.93. The standard InChI is InChI=1S/C16H23BrN2O3/c1-4-9-18-15(20)14(10-11(2)3)22-16(21)19-13-7-5-12(17)6-8-13/h5-8,11,14H,4,9-10H2,1-3H3,(H,18,20)(H,19,21)/t14-/m0/s1. The molecular formula is C16H23BrN2O3. The molecule has 22 heavy (non-hydrogen) atoms. The fraction of sp³-hybridized carbons (Fsp3) is 0.500. The number of amides is 2. The van der Waals surface area contributed by atoms with Crippen LogP contribution in [0.25, 0.3) is 0 Å². The van der Waals surface area contributed by atoms with Crippen LogP contribution in [0.5, 0.6) is 0 Å². The summed E-state index contributed by atoms with van der Waals surface area (Å²) in [5.41, 5.74) is 0.616. The molecule has 0 saturated heterocycles. The minimum Gasteiger partial charge on any atom is -0.436 e. The van der Waals surface area contributed by atoms with Gasteiger partial charge in [-0.2, -0.15) is 0 Å². The van der Waals surface area contributed by atoms with Gasteiger partial charge in [0.1, 0.15) is 0 Å². The number of halogens is 1. The highest BCUT2D eigenvalue weighted by Gasteiger charge is 2.23. The van der Waals surface area contributed by atoms with Crippen molar-refractivity contribution in [1.82, 2.24) is 5.32 Å². The molecule has 1 rings (SSSR count). The average Bonchev–Trinajstić information content (AvgIpc) is 2.46. The van der Waals surface area contributed by atoms with Gasteiger partial charge in [0.2, 0.25) is 0 Å². The Labute approximate surface area is 139 Å². The normalized spacial score (nSPS) is 11.9. The predicted octanol–water partition coefficient (Wildman–Crippen LogP) is 3.94. The number of hydrogen-bond donors (Lipinski definition) is 2. The molecule has 0 fully saturated rings. The summed E-state index contributed by atoms with van der Waals surface area (Å²) in [6.07, 6.45) is -0.0734. The van der Waals surface area contributed by atoms with Crippen molar-refractivity contribution in [3.8, 4) is 0 Å². The van der Waals surface area contributed by atoms with E-state index in [-0.39, 0.29) is 11.8 Å². The van der Waals surface area contributed by atoms with Crippen LogP contribution in [-0.4, -0.2) is 24.6 Å². The van der Waals surface area contributed by atoms with E-state index in [0.717, 1.165) is 10.9 Å². The van der Waals surface area contributed by atoms with Crippen molar-refractivity contribution >= 4 is 33.6 Å². The number of benzene rings is 1. The first-order valence-electron chi connectivity index (χ1n) is 7.43. The van der Waals surface area contributed by atoms with Gasteiger partial charge in [0.05, 0.1) is 0 Å². The minimum absolute atomic E-state index is 0.248. The molecule has 122 valence electrons. The quantitative estimate of drug-likeness (QED) is 0.763. The number of carbonyl (C=O) groups is 2. The van der Waals surface area contributed by atoms with Crippen LogP contribution >= 0.6 is 15.9 Å². The Balaban J connectivity index is 2.61. The van der Waals surface area contributed by atoms with Crippen LogP contribution < -0.4 is 10.6 Å². The largest absolute Gasteiger partial charge is 0.436 e. The van der Waals surface area contributed by atoms with E-state index < -0.39 is 12.2 Å². The third-order valence-electron chi connectivity index (χ3n) is 2.87. The highest BCUT2D eigenvalue weighted by atomic mass is 79.9. The molecule has 0 heterocycles. The Morgan fingerprint density at radius 3 is 2.41 bits per heavy atom. The van der Waals surface area contributed by atoms with Crippen molar-refractivity contribution in [3.63, 3.8) is 0 Å². The molecule has 0 bridgehead atoms. The van der Waals surface area contributed by atoms with Gasteiger partial charge in [-0.1, -0.05) is 36.7 Å². The third-order valence-corrected chi connectivity index (χ3v) is 3.40. The molecule has 0 aliphatic rings. The number of carbonyl (C=O) groups excluding carboxylic acids is 2. The van der Waals surface area contributed by atoms with Gasteiger partial charge < -0.3 is 10.1 Å². The maximum absolute atomic E-state index is 12.0. The van der Waals surface area contributed by atoms with E-state index in [1.54, 1.807) is 12.1 Å². The fourth-order valence-corrected chi connectivity index (χ4v) is 2.07. The van der Waals surface area contributed by atoms with E-state index in [0.29, 0.717) is 18.7 Å². The number of nitrogens with one attached hydrogen (secondary N) is 2. The van der Waals surface area contributed by atoms with Crippen LogP contribution in [-0.2, 0) is 9.53 Å². The Hall–Kier alpha value is -1.56. The lowest BCUT2D eigenvalue weighted by Gasteiger charge is -2.19. The van der Waals surface area contributed by atoms with Crippen molar-refractivity contribution in [3.05, 3.63) is 28.7 Å². The highest BCUT2D eigenvalue weighted by Crippen LogP contribution is 2.15. The molecule has 0 spiro atoms. The van der Waals surface area contributed by atoms with E-state index in [4.69, 9.17) is 4.74 Å². The van der Waals surface area contributed by atoms with E-state index in [2.05, 4.69) is 26.6 Å².